The molecule has 0 N–H and O–H groups in total. The zero-order valence-corrected chi connectivity index (χ0v) is 14.3. The summed E-state index contributed by atoms with van der Waals surface area (Å²) >= 11 is 0. The monoisotopic (exact) mass is 318 g/mol. The van der Waals surface area contributed by atoms with Crippen molar-refractivity contribution in [2.45, 2.75) is 12.5 Å². The Labute approximate surface area is 143 Å². The van der Waals surface area contributed by atoms with Gasteiger partial charge in [-0.3, -0.25) is 0 Å². The normalized spacial score (nSPS) is 13.3. The van der Waals surface area contributed by atoms with Crippen molar-refractivity contribution in [1.29, 1.82) is 0 Å². The molecule has 0 heterocycles. The van der Waals surface area contributed by atoms with Gasteiger partial charge in [0.1, 0.15) is 11.4 Å². The lowest BCUT2D eigenvalue weighted by Gasteiger charge is -2.30. The van der Waals surface area contributed by atoms with Crippen LogP contribution in [0.3, 0.4) is 0 Å². The van der Waals surface area contributed by atoms with Gasteiger partial charge in [-0.15, -0.1) is 0 Å². The summed E-state index contributed by atoms with van der Waals surface area (Å²) in [6, 6.07) is 26.9. The van der Waals surface area contributed by atoms with Gasteiger partial charge in [0, 0.05) is 7.11 Å². The average Bonchev–Trinajstić information content (AvgIpc) is 2.68. The molecule has 0 fully saturated rings. The summed E-state index contributed by atoms with van der Waals surface area (Å²) in [4.78, 5) is 0. The first-order valence-electron chi connectivity index (χ1n) is 8.03. The fourth-order valence-corrected chi connectivity index (χ4v) is 2.94. The lowest BCUT2D eigenvalue weighted by Crippen LogP contribution is -2.25. The van der Waals surface area contributed by atoms with E-state index in [4.69, 9.17) is 9.47 Å². The van der Waals surface area contributed by atoms with Crippen LogP contribution in [-0.2, 0) is 10.3 Å². The largest absolute Gasteiger partial charge is 0.497 e. The molecule has 24 heavy (non-hydrogen) atoms. The summed E-state index contributed by atoms with van der Waals surface area (Å²) in [7, 11) is 3.44. The minimum absolute atomic E-state index is 0.482. The summed E-state index contributed by atoms with van der Waals surface area (Å²) in [5.41, 5.74) is 4.10. The number of ether oxygens (including phenoxy) is 2. The van der Waals surface area contributed by atoms with Crippen LogP contribution in [0.5, 0.6) is 5.75 Å². The van der Waals surface area contributed by atoms with Crippen LogP contribution >= 0.6 is 0 Å². The topological polar surface area (TPSA) is 18.5 Å². The van der Waals surface area contributed by atoms with E-state index in [1.165, 1.54) is 0 Å². The highest BCUT2D eigenvalue weighted by Gasteiger charge is 2.28. The highest BCUT2D eigenvalue weighted by Crippen LogP contribution is 2.35. The third-order valence-corrected chi connectivity index (χ3v) is 4.57. The molecule has 0 aliphatic heterocycles. The quantitative estimate of drug-likeness (QED) is 0.638. The van der Waals surface area contributed by atoms with Crippen molar-refractivity contribution >= 4 is 0 Å². The maximum Gasteiger partial charge on any atom is 0.118 e. The minimum Gasteiger partial charge on any atom is -0.497 e. The van der Waals surface area contributed by atoms with Gasteiger partial charge in [0.25, 0.3) is 0 Å². The van der Waals surface area contributed by atoms with Crippen LogP contribution in [0.2, 0.25) is 0 Å². The van der Waals surface area contributed by atoms with E-state index < -0.39 is 5.60 Å². The third-order valence-electron chi connectivity index (χ3n) is 4.57. The molecule has 1 atom stereocenters. The second-order valence-electron chi connectivity index (χ2n) is 5.91. The third kappa shape index (κ3) is 3.06. The van der Waals surface area contributed by atoms with Gasteiger partial charge in [-0.05, 0) is 47.4 Å². The standard InChI is InChI=1S/C22H22O2/c1-22(24-3,19-9-5-4-6-10-19)20-11-7-8-18(16-20)17-12-14-21(23-2)15-13-17/h4-16H,1-3H3. The molecule has 0 saturated heterocycles. The second kappa shape index (κ2) is 6.90. The van der Waals surface area contributed by atoms with Crippen LogP contribution in [0.1, 0.15) is 18.1 Å². The number of hydrogen-bond acceptors (Lipinski definition) is 2. The molecular weight excluding hydrogens is 296 g/mol. The van der Waals surface area contributed by atoms with E-state index in [0.717, 1.165) is 28.0 Å². The summed E-state index contributed by atoms with van der Waals surface area (Å²) < 4.78 is 11.2. The van der Waals surface area contributed by atoms with E-state index in [2.05, 4.69) is 55.5 Å². The summed E-state index contributed by atoms with van der Waals surface area (Å²) in [5, 5.41) is 0. The molecule has 1 unspecified atom stereocenters. The molecule has 0 bridgehead atoms. The lowest BCUT2D eigenvalue weighted by atomic mass is 9.86. The Morgan fingerprint density at radius 3 is 1.96 bits per heavy atom. The van der Waals surface area contributed by atoms with Crippen LogP contribution in [0.25, 0.3) is 11.1 Å². The van der Waals surface area contributed by atoms with E-state index in [1.54, 1.807) is 14.2 Å². The maximum atomic E-state index is 5.92. The molecule has 0 saturated carbocycles. The van der Waals surface area contributed by atoms with Crippen LogP contribution in [0.4, 0.5) is 0 Å². The van der Waals surface area contributed by atoms with Gasteiger partial charge >= 0.3 is 0 Å². The molecule has 0 aromatic heterocycles. The average molecular weight is 318 g/mol. The van der Waals surface area contributed by atoms with Gasteiger partial charge in [0.05, 0.1) is 7.11 Å². The van der Waals surface area contributed by atoms with E-state index >= 15 is 0 Å². The predicted molar refractivity (Wildman–Crippen MR) is 98.3 cm³/mol. The summed E-state index contributed by atoms with van der Waals surface area (Å²) in [6.45, 7) is 2.11. The first-order valence-corrected chi connectivity index (χ1v) is 8.03. The van der Waals surface area contributed by atoms with E-state index in [0.29, 0.717) is 0 Å². The van der Waals surface area contributed by atoms with E-state index in [-0.39, 0.29) is 0 Å². The van der Waals surface area contributed by atoms with Gasteiger partial charge in [-0.2, -0.15) is 0 Å². The SMILES string of the molecule is COc1ccc(-c2cccc(C(C)(OC)c3ccccc3)c2)cc1. The Morgan fingerprint density at radius 2 is 1.33 bits per heavy atom. The Kier molecular flexibility index (Phi) is 4.68. The van der Waals surface area contributed by atoms with Crippen molar-refractivity contribution in [3.63, 3.8) is 0 Å². The molecule has 3 aromatic rings. The van der Waals surface area contributed by atoms with Gasteiger partial charge in [-0.1, -0.05) is 60.7 Å². The summed E-state index contributed by atoms with van der Waals surface area (Å²) in [6.07, 6.45) is 0. The maximum absolute atomic E-state index is 5.92. The Balaban J connectivity index is 2.02. The van der Waals surface area contributed by atoms with Crippen molar-refractivity contribution in [2.24, 2.45) is 0 Å². The van der Waals surface area contributed by atoms with Crippen LogP contribution in [0.15, 0.2) is 78.9 Å². The van der Waals surface area contributed by atoms with Gasteiger partial charge in [0.15, 0.2) is 0 Å². The van der Waals surface area contributed by atoms with Gasteiger partial charge in [0.2, 0.25) is 0 Å². The van der Waals surface area contributed by atoms with Crippen molar-refractivity contribution < 1.29 is 9.47 Å². The zero-order chi connectivity index (χ0) is 17.0. The lowest BCUT2D eigenvalue weighted by molar-refractivity contribution is 0.0391. The highest BCUT2D eigenvalue weighted by atomic mass is 16.5. The number of hydrogen-bond donors (Lipinski definition) is 0. The molecular formula is C22H22O2. The molecule has 0 radical (unpaired) electrons. The van der Waals surface area contributed by atoms with Crippen LogP contribution < -0.4 is 4.74 Å². The highest BCUT2D eigenvalue weighted by molar-refractivity contribution is 5.65. The molecule has 0 aliphatic carbocycles. The predicted octanol–water partition coefficient (Wildman–Crippen LogP) is 5.27. The molecule has 3 aromatic carbocycles. The van der Waals surface area contributed by atoms with Crippen molar-refractivity contribution in [1.82, 2.24) is 0 Å². The first-order chi connectivity index (χ1) is 11.7. The van der Waals surface area contributed by atoms with Crippen molar-refractivity contribution in [3.8, 4) is 16.9 Å². The smallest absolute Gasteiger partial charge is 0.118 e. The summed E-state index contributed by atoms with van der Waals surface area (Å²) in [5.74, 6) is 0.862. The fourth-order valence-electron chi connectivity index (χ4n) is 2.94. The molecule has 0 spiro atoms. The van der Waals surface area contributed by atoms with E-state index in [9.17, 15) is 0 Å². The first kappa shape index (κ1) is 16.3. The Morgan fingerprint density at radius 1 is 0.667 bits per heavy atom. The van der Waals surface area contributed by atoms with Gasteiger partial charge in [-0.25, -0.2) is 0 Å². The van der Waals surface area contributed by atoms with Gasteiger partial charge < -0.3 is 9.47 Å². The zero-order valence-electron chi connectivity index (χ0n) is 14.3. The van der Waals surface area contributed by atoms with Crippen molar-refractivity contribution in [3.05, 3.63) is 90.0 Å². The van der Waals surface area contributed by atoms with Crippen LogP contribution in [0, 0.1) is 0 Å². The van der Waals surface area contributed by atoms with E-state index in [1.807, 2.05) is 30.3 Å². The minimum atomic E-state index is -0.482. The number of benzene rings is 3. The molecule has 2 heteroatoms. The second-order valence-corrected chi connectivity index (χ2v) is 5.91. The molecule has 3 rings (SSSR count). The Bertz CT molecular complexity index is 794. The fraction of sp³-hybridized carbons (Fsp3) is 0.182. The Hall–Kier alpha value is -2.58. The number of methoxy groups -OCH3 is 2. The van der Waals surface area contributed by atoms with Crippen molar-refractivity contribution in [2.75, 3.05) is 14.2 Å². The number of rotatable bonds is 5. The molecule has 0 aliphatic rings. The molecule has 2 nitrogen and oxygen atoms in total. The molecule has 0 amide bonds. The van der Waals surface area contributed by atoms with Crippen LogP contribution in [-0.4, -0.2) is 14.2 Å². The molecule has 122 valence electrons.